The predicted octanol–water partition coefficient (Wildman–Crippen LogP) is 6.53. The summed E-state index contributed by atoms with van der Waals surface area (Å²) in [7, 11) is 0. The van der Waals surface area contributed by atoms with E-state index in [0.29, 0.717) is 38.2 Å². The lowest BCUT2D eigenvalue weighted by atomic mass is 9.88. The van der Waals surface area contributed by atoms with Gasteiger partial charge in [0, 0.05) is 32.8 Å². The number of rotatable bonds is 24. The number of carbonyl (C=O) groups is 2. The lowest BCUT2D eigenvalue weighted by Gasteiger charge is -2.48. The monoisotopic (exact) mass is 659 g/mol. The molecule has 0 spiro atoms. The first kappa shape index (κ1) is 39.8. The van der Waals surface area contributed by atoms with E-state index in [4.69, 9.17) is 28.4 Å². The zero-order valence-electron chi connectivity index (χ0n) is 27.9. The summed E-state index contributed by atoms with van der Waals surface area (Å²) in [6, 6.07) is 6.77. The Kier molecular flexibility index (Phi) is 19.2. The third-order valence-corrected chi connectivity index (χ3v) is 7.68. The SMILES string of the molecule is CCCCOC[C@H]1O[C@@H](C(F)(F)C[C@H](NC(=O)OCc2ccccc2)C(=O)O)[C@H](OCCCC)[C@@H](OCCCC)[C@H]1OCCCC. The van der Waals surface area contributed by atoms with Gasteiger partial charge in [-0.25, -0.2) is 18.4 Å². The first-order valence-electron chi connectivity index (χ1n) is 16.8. The van der Waals surface area contributed by atoms with Gasteiger partial charge >= 0.3 is 12.1 Å². The van der Waals surface area contributed by atoms with E-state index in [1.54, 1.807) is 30.3 Å². The van der Waals surface area contributed by atoms with Gasteiger partial charge in [-0.1, -0.05) is 83.7 Å². The highest BCUT2D eigenvalue weighted by Crippen LogP contribution is 2.39. The van der Waals surface area contributed by atoms with E-state index in [0.717, 1.165) is 38.5 Å². The summed E-state index contributed by atoms with van der Waals surface area (Å²) in [4.78, 5) is 24.6. The number of alkyl carbamates (subject to hydrolysis) is 1. The fraction of sp³-hybridized carbons (Fsp3) is 0.765. The quantitative estimate of drug-likeness (QED) is 0.119. The second kappa shape index (κ2) is 22.2. The van der Waals surface area contributed by atoms with Crippen molar-refractivity contribution in [3.8, 4) is 0 Å². The van der Waals surface area contributed by atoms with E-state index in [1.165, 1.54) is 0 Å². The maximum absolute atomic E-state index is 16.4. The van der Waals surface area contributed by atoms with Crippen LogP contribution in [-0.4, -0.2) is 92.7 Å². The van der Waals surface area contributed by atoms with Crippen molar-refractivity contribution in [3.05, 3.63) is 35.9 Å². The van der Waals surface area contributed by atoms with Crippen LogP contribution in [0.25, 0.3) is 0 Å². The summed E-state index contributed by atoms with van der Waals surface area (Å²) in [5.41, 5.74) is 0.662. The standard InChI is InChI=1S/C34H55F2NO9/c1-5-9-18-41-24-27-28(42-19-10-6-2)29(43-20-11-7-3)30(44-21-12-8-4)31(46-27)34(35,36)22-26(32(38)39)37-33(40)45-23-25-16-14-13-15-17-25/h13-17,26-31H,5-12,18-24H2,1-4H3,(H,37,40)(H,38,39)/t26-,27+,28-,29-,30+,31+/m0/s1. The number of carboxylic acid groups (broad SMARTS) is 1. The number of nitrogens with one attached hydrogen (secondary N) is 1. The fourth-order valence-electron chi connectivity index (χ4n) is 4.99. The van der Waals surface area contributed by atoms with Gasteiger partial charge in [0.15, 0.2) is 6.10 Å². The van der Waals surface area contributed by atoms with Gasteiger partial charge in [-0.15, -0.1) is 0 Å². The average molecular weight is 660 g/mol. The minimum atomic E-state index is -3.77. The molecule has 1 aromatic carbocycles. The van der Waals surface area contributed by atoms with Crippen molar-refractivity contribution in [3.63, 3.8) is 0 Å². The molecule has 264 valence electrons. The Labute approximate surface area is 272 Å². The van der Waals surface area contributed by atoms with Gasteiger partial charge < -0.3 is 38.8 Å². The molecular weight excluding hydrogens is 604 g/mol. The first-order chi connectivity index (χ1) is 22.2. The normalized spacial score (nSPS) is 22.3. The second-order valence-electron chi connectivity index (χ2n) is 11.7. The van der Waals surface area contributed by atoms with Gasteiger partial charge in [-0.05, 0) is 31.2 Å². The Morgan fingerprint density at radius 3 is 1.96 bits per heavy atom. The van der Waals surface area contributed by atoms with E-state index < -0.39 is 61.0 Å². The number of unbranched alkanes of at least 4 members (excludes halogenated alkanes) is 4. The lowest BCUT2D eigenvalue weighted by Crippen LogP contribution is -2.66. The van der Waals surface area contributed by atoms with Crippen LogP contribution in [0.4, 0.5) is 13.6 Å². The van der Waals surface area contributed by atoms with Crippen molar-refractivity contribution in [1.29, 1.82) is 0 Å². The van der Waals surface area contributed by atoms with Crippen LogP contribution < -0.4 is 5.32 Å². The number of carbonyl (C=O) groups excluding carboxylic acids is 1. The van der Waals surface area contributed by atoms with Crippen LogP contribution in [0, 0.1) is 0 Å². The maximum atomic E-state index is 16.4. The minimum Gasteiger partial charge on any atom is -0.480 e. The topological polar surface area (TPSA) is 122 Å². The fourth-order valence-corrected chi connectivity index (χ4v) is 4.99. The van der Waals surface area contributed by atoms with Crippen molar-refractivity contribution in [2.45, 2.75) is 135 Å². The molecule has 1 saturated heterocycles. The highest BCUT2D eigenvalue weighted by molar-refractivity contribution is 5.80. The van der Waals surface area contributed by atoms with Crippen LogP contribution in [0.3, 0.4) is 0 Å². The number of carboxylic acids is 1. The minimum absolute atomic E-state index is 0.00882. The molecule has 1 aliphatic heterocycles. The smallest absolute Gasteiger partial charge is 0.408 e. The largest absolute Gasteiger partial charge is 0.480 e. The molecular formula is C34H55F2NO9. The predicted molar refractivity (Wildman–Crippen MR) is 169 cm³/mol. The van der Waals surface area contributed by atoms with Gasteiger partial charge in [0.25, 0.3) is 5.92 Å². The molecule has 0 bridgehead atoms. The molecule has 1 aliphatic rings. The van der Waals surface area contributed by atoms with Crippen molar-refractivity contribution in [2.75, 3.05) is 33.0 Å². The van der Waals surface area contributed by atoms with Crippen LogP contribution in [0.5, 0.6) is 0 Å². The third kappa shape index (κ3) is 13.8. The Bertz CT molecular complexity index is 971. The summed E-state index contributed by atoms with van der Waals surface area (Å²) >= 11 is 0. The number of hydrogen-bond acceptors (Lipinski definition) is 8. The van der Waals surface area contributed by atoms with Crippen molar-refractivity contribution in [1.82, 2.24) is 5.32 Å². The maximum Gasteiger partial charge on any atom is 0.408 e. The number of halogens is 2. The van der Waals surface area contributed by atoms with Gasteiger partial charge in [0.1, 0.15) is 37.1 Å². The summed E-state index contributed by atoms with van der Waals surface area (Å²) in [5.74, 6) is -5.40. The molecule has 10 nitrogen and oxygen atoms in total. The van der Waals surface area contributed by atoms with Crippen molar-refractivity contribution in [2.24, 2.45) is 0 Å². The van der Waals surface area contributed by atoms with E-state index in [2.05, 4.69) is 5.32 Å². The number of aliphatic carboxylic acids is 1. The zero-order chi connectivity index (χ0) is 33.8. The highest BCUT2D eigenvalue weighted by atomic mass is 19.3. The Hall–Kier alpha value is -2.38. The zero-order valence-corrected chi connectivity index (χ0v) is 27.9. The molecule has 1 aromatic rings. The van der Waals surface area contributed by atoms with E-state index >= 15 is 8.78 Å². The van der Waals surface area contributed by atoms with Crippen LogP contribution in [0.2, 0.25) is 0 Å². The Morgan fingerprint density at radius 2 is 1.39 bits per heavy atom. The molecule has 0 saturated carbocycles. The van der Waals surface area contributed by atoms with Gasteiger partial charge in [-0.2, -0.15) is 0 Å². The molecule has 0 aliphatic carbocycles. The third-order valence-electron chi connectivity index (χ3n) is 7.68. The lowest BCUT2D eigenvalue weighted by molar-refractivity contribution is -0.306. The summed E-state index contributed by atoms with van der Waals surface area (Å²) in [5, 5.41) is 11.9. The number of alkyl halides is 2. The Balaban J connectivity index is 2.36. The summed E-state index contributed by atoms with van der Waals surface area (Å²) in [6.07, 6.45) is -1.88. The van der Waals surface area contributed by atoms with Crippen LogP contribution >= 0.6 is 0 Å². The van der Waals surface area contributed by atoms with E-state index in [1.807, 2.05) is 27.7 Å². The average Bonchev–Trinajstić information content (AvgIpc) is 3.03. The highest BCUT2D eigenvalue weighted by Gasteiger charge is 2.58. The van der Waals surface area contributed by atoms with Crippen molar-refractivity contribution >= 4 is 12.1 Å². The second-order valence-corrected chi connectivity index (χ2v) is 11.7. The number of hydrogen-bond donors (Lipinski definition) is 2. The van der Waals surface area contributed by atoms with Crippen LogP contribution in [-0.2, 0) is 39.8 Å². The molecule has 2 N–H and O–H groups in total. The molecule has 2 rings (SSSR count). The molecule has 46 heavy (non-hydrogen) atoms. The summed E-state index contributed by atoms with van der Waals surface area (Å²) in [6.45, 7) is 9.14. The first-order valence-corrected chi connectivity index (χ1v) is 16.8. The molecule has 1 heterocycles. The molecule has 0 aromatic heterocycles. The molecule has 12 heteroatoms. The number of amides is 1. The number of benzene rings is 1. The van der Waals surface area contributed by atoms with E-state index in [9.17, 15) is 14.7 Å². The molecule has 0 unspecified atom stereocenters. The van der Waals surface area contributed by atoms with E-state index in [-0.39, 0.29) is 19.8 Å². The summed E-state index contributed by atoms with van der Waals surface area (Å²) < 4.78 is 68.4. The van der Waals surface area contributed by atoms with Gasteiger partial charge in [-0.3, -0.25) is 0 Å². The van der Waals surface area contributed by atoms with Crippen LogP contribution in [0.1, 0.15) is 91.0 Å². The Morgan fingerprint density at radius 1 is 0.848 bits per heavy atom. The molecule has 0 radical (unpaired) electrons. The van der Waals surface area contributed by atoms with Crippen LogP contribution in [0.15, 0.2) is 30.3 Å². The molecule has 1 amide bonds. The van der Waals surface area contributed by atoms with Gasteiger partial charge in [0.2, 0.25) is 0 Å². The molecule has 6 atom stereocenters. The number of ether oxygens (including phenoxy) is 6. The van der Waals surface area contributed by atoms with Crippen molar-refractivity contribution < 1.29 is 51.9 Å². The molecule has 1 fully saturated rings. The van der Waals surface area contributed by atoms with Gasteiger partial charge in [0.05, 0.1) is 6.61 Å².